The molecule has 6 aromatic carbocycles. The highest BCUT2D eigenvalue weighted by atomic mass is 16.8. The molecule has 3 aliphatic heterocycles. The number of methoxy groups -OCH3 is 1. The van der Waals surface area contributed by atoms with Crippen molar-refractivity contribution in [1.82, 2.24) is 0 Å². The first-order chi connectivity index (χ1) is 30.0. The first kappa shape index (κ1) is 41.2. The van der Waals surface area contributed by atoms with Gasteiger partial charge in [0, 0.05) is 5.56 Å². The second kappa shape index (κ2) is 19.3. The number of hydrogen-bond donors (Lipinski definition) is 0. The van der Waals surface area contributed by atoms with Gasteiger partial charge in [-0.1, -0.05) is 127 Å². The average molecular weight is 825 g/mol. The molecule has 3 fully saturated rings. The molecule has 0 radical (unpaired) electrons. The van der Waals surface area contributed by atoms with Crippen molar-refractivity contribution < 1.29 is 47.4 Å². The zero-order valence-electron chi connectivity index (χ0n) is 34.6. The molecule has 0 bridgehead atoms. The summed E-state index contributed by atoms with van der Waals surface area (Å²) >= 11 is 0. The Kier molecular flexibility index (Phi) is 13.0. The summed E-state index contributed by atoms with van der Waals surface area (Å²) in [6.07, 6.45) is -7.13. The van der Waals surface area contributed by atoms with E-state index in [4.69, 9.17) is 47.4 Å². The van der Waals surface area contributed by atoms with Crippen LogP contribution in [0, 0.1) is 0 Å². The second-order valence-electron chi connectivity index (χ2n) is 15.7. The molecule has 0 N–H and O–H groups in total. The quantitative estimate of drug-likeness (QED) is 0.0998. The Morgan fingerprint density at radius 3 is 1.57 bits per heavy atom. The van der Waals surface area contributed by atoms with Gasteiger partial charge in [0.05, 0.1) is 39.1 Å². The van der Waals surface area contributed by atoms with Gasteiger partial charge in [0.2, 0.25) is 6.29 Å². The third kappa shape index (κ3) is 9.68. The van der Waals surface area contributed by atoms with Gasteiger partial charge in [0.15, 0.2) is 12.6 Å². The van der Waals surface area contributed by atoms with Gasteiger partial charge in [-0.2, -0.15) is 0 Å². The van der Waals surface area contributed by atoms with Crippen molar-refractivity contribution >= 4 is 10.8 Å². The molecule has 11 atom stereocenters. The van der Waals surface area contributed by atoms with Crippen molar-refractivity contribution in [3.8, 4) is 11.5 Å². The molecule has 10 heteroatoms. The zero-order valence-corrected chi connectivity index (χ0v) is 34.6. The molecule has 1 unspecified atom stereocenters. The third-order valence-corrected chi connectivity index (χ3v) is 11.5. The summed E-state index contributed by atoms with van der Waals surface area (Å²) in [5.74, 6) is 1.31. The lowest BCUT2D eigenvalue weighted by atomic mass is 9.97. The van der Waals surface area contributed by atoms with Gasteiger partial charge in [-0.3, -0.25) is 0 Å². The van der Waals surface area contributed by atoms with Crippen LogP contribution in [0.1, 0.15) is 42.4 Å². The fourth-order valence-electron chi connectivity index (χ4n) is 8.31. The Labute approximate surface area is 357 Å². The summed E-state index contributed by atoms with van der Waals surface area (Å²) in [6.45, 7) is 4.92. The Morgan fingerprint density at radius 2 is 0.951 bits per heavy atom. The minimum atomic E-state index is -0.880. The lowest BCUT2D eigenvalue weighted by Gasteiger charge is -2.48. The fourth-order valence-corrected chi connectivity index (χ4v) is 8.31. The molecule has 316 valence electrons. The van der Waals surface area contributed by atoms with Gasteiger partial charge in [-0.15, -0.1) is 0 Å². The molecule has 0 amide bonds. The molecule has 0 aromatic heterocycles. The van der Waals surface area contributed by atoms with E-state index in [1.807, 2.05) is 147 Å². The van der Waals surface area contributed by atoms with Crippen LogP contribution in [0.3, 0.4) is 0 Å². The van der Waals surface area contributed by atoms with E-state index in [0.717, 1.165) is 33.0 Å². The Balaban J connectivity index is 1.03. The first-order valence-corrected chi connectivity index (χ1v) is 21.0. The van der Waals surface area contributed by atoms with Crippen LogP contribution in [-0.2, 0) is 57.7 Å². The van der Waals surface area contributed by atoms with Crippen molar-refractivity contribution in [3.63, 3.8) is 0 Å². The van der Waals surface area contributed by atoms with Crippen molar-refractivity contribution in [2.45, 2.75) is 101 Å². The lowest BCUT2D eigenvalue weighted by Crippen LogP contribution is -2.64. The Morgan fingerprint density at radius 1 is 0.443 bits per heavy atom. The van der Waals surface area contributed by atoms with E-state index in [1.165, 1.54) is 0 Å². The molecular weight excluding hydrogens is 773 g/mol. The highest BCUT2D eigenvalue weighted by Crippen LogP contribution is 2.43. The van der Waals surface area contributed by atoms with E-state index >= 15 is 0 Å². The zero-order chi connectivity index (χ0) is 41.5. The van der Waals surface area contributed by atoms with Crippen molar-refractivity contribution in [1.29, 1.82) is 0 Å². The molecule has 3 aliphatic rings. The predicted octanol–water partition coefficient (Wildman–Crippen LogP) is 9.34. The fraction of sp³-hybridized carbons (Fsp3) is 0.333. The smallest absolute Gasteiger partial charge is 0.229 e. The van der Waals surface area contributed by atoms with Gasteiger partial charge in [-0.05, 0) is 71.6 Å². The molecule has 10 nitrogen and oxygen atoms in total. The Bertz CT molecular complexity index is 2280. The molecule has 3 saturated heterocycles. The predicted molar refractivity (Wildman–Crippen MR) is 229 cm³/mol. The SMILES string of the molecule is COc1ccc(O[C@@H]2O[C@@H](C)[C@H](O[C@H]3O[C@@H](C)[C@H](OCc4ccccc4)[C@H]4OC(c5ccc6ccccc6c5)O[C@@H]34)[C@@H](OCc3ccccc3)[C@H]2OCc2ccccc2)cc1. The monoisotopic (exact) mass is 824 g/mol. The molecule has 9 rings (SSSR count). The molecular formula is C51H52O10. The molecule has 6 aromatic rings. The number of ether oxygens (including phenoxy) is 10. The van der Waals surface area contributed by atoms with E-state index < -0.39 is 67.7 Å². The lowest BCUT2D eigenvalue weighted by molar-refractivity contribution is -0.347. The number of hydrogen-bond acceptors (Lipinski definition) is 10. The maximum absolute atomic E-state index is 7.12. The summed E-state index contributed by atoms with van der Waals surface area (Å²) in [4.78, 5) is 0. The maximum Gasteiger partial charge on any atom is 0.229 e. The third-order valence-electron chi connectivity index (χ3n) is 11.5. The van der Waals surface area contributed by atoms with E-state index in [1.54, 1.807) is 7.11 Å². The standard InChI is InChI=1S/C51H52O10/c1-33-43(53-30-35-15-7-4-8-16-35)46-48(61-49(60-46)40-24-23-38-21-13-14-22-39(38)29-40)51(56-33)59-44-34(2)57-50(58-42-27-25-41(52-3)26-28-42)47(55-32-37-19-11-6-12-20-37)45(44)54-31-36-17-9-5-10-18-36/h4-29,33-34,43-51H,30-32H2,1-3H3/t33-,34-,43-,44-,45+,46+,47+,48+,49?,50-,51+/m0/s1. The van der Waals surface area contributed by atoms with Crippen LogP contribution in [0.4, 0.5) is 0 Å². The molecule has 3 heterocycles. The number of benzene rings is 6. The van der Waals surface area contributed by atoms with Crippen LogP contribution in [0.2, 0.25) is 0 Å². The van der Waals surface area contributed by atoms with E-state index in [2.05, 4.69) is 24.3 Å². The van der Waals surface area contributed by atoms with Crippen LogP contribution < -0.4 is 9.47 Å². The van der Waals surface area contributed by atoms with Crippen LogP contribution >= 0.6 is 0 Å². The molecule has 61 heavy (non-hydrogen) atoms. The summed E-state index contributed by atoms with van der Waals surface area (Å²) in [6, 6.07) is 52.0. The van der Waals surface area contributed by atoms with Crippen LogP contribution in [-0.4, -0.2) is 68.5 Å². The number of fused-ring (bicyclic) bond motifs is 2. The van der Waals surface area contributed by atoms with Crippen LogP contribution in [0.5, 0.6) is 11.5 Å². The highest BCUT2D eigenvalue weighted by molar-refractivity contribution is 5.83. The summed E-state index contributed by atoms with van der Waals surface area (Å²) in [7, 11) is 1.63. The van der Waals surface area contributed by atoms with Gasteiger partial charge >= 0.3 is 0 Å². The first-order valence-electron chi connectivity index (χ1n) is 21.0. The second-order valence-corrected chi connectivity index (χ2v) is 15.7. The minimum Gasteiger partial charge on any atom is -0.497 e. The number of rotatable bonds is 15. The van der Waals surface area contributed by atoms with E-state index in [9.17, 15) is 0 Å². The molecule has 0 saturated carbocycles. The molecule has 0 aliphatic carbocycles. The Hall–Kier alpha value is -5.14. The van der Waals surface area contributed by atoms with E-state index in [0.29, 0.717) is 24.7 Å². The average Bonchev–Trinajstić information content (AvgIpc) is 3.76. The van der Waals surface area contributed by atoms with Crippen molar-refractivity contribution in [2.75, 3.05) is 7.11 Å². The van der Waals surface area contributed by atoms with Gasteiger partial charge in [0.1, 0.15) is 48.1 Å². The topological polar surface area (TPSA) is 92.3 Å². The van der Waals surface area contributed by atoms with Crippen molar-refractivity contribution in [2.24, 2.45) is 0 Å². The minimum absolute atomic E-state index is 0.288. The largest absolute Gasteiger partial charge is 0.497 e. The maximum atomic E-state index is 7.12. The van der Waals surface area contributed by atoms with Crippen LogP contribution in [0.25, 0.3) is 10.8 Å². The van der Waals surface area contributed by atoms with Gasteiger partial charge < -0.3 is 47.4 Å². The highest BCUT2D eigenvalue weighted by Gasteiger charge is 2.56. The normalized spacial score (nSPS) is 28.6. The summed E-state index contributed by atoms with van der Waals surface area (Å²) in [5.41, 5.74) is 3.94. The summed E-state index contributed by atoms with van der Waals surface area (Å²) in [5, 5.41) is 2.23. The van der Waals surface area contributed by atoms with E-state index in [-0.39, 0.29) is 6.61 Å². The molecule has 0 spiro atoms. The van der Waals surface area contributed by atoms with Crippen LogP contribution in [0.15, 0.2) is 158 Å². The summed E-state index contributed by atoms with van der Waals surface area (Å²) < 4.78 is 66.6. The van der Waals surface area contributed by atoms with Gasteiger partial charge in [0.25, 0.3) is 0 Å². The van der Waals surface area contributed by atoms with Crippen molar-refractivity contribution in [3.05, 3.63) is 180 Å². The van der Waals surface area contributed by atoms with Gasteiger partial charge in [-0.25, -0.2) is 0 Å².